The van der Waals surface area contributed by atoms with Crippen LogP contribution < -0.4 is 9.64 Å². The number of ether oxygens (including phenoxy) is 2. The molecule has 0 atom stereocenters. The minimum absolute atomic E-state index is 0.0794. The van der Waals surface area contributed by atoms with E-state index >= 15 is 0 Å². The highest BCUT2D eigenvalue weighted by atomic mass is 32.1. The lowest BCUT2D eigenvalue weighted by molar-refractivity contribution is -0.116. The van der Waals surface area contributed by atoms with Gasteiger partial charge in [-0.05, 0) is 55.0 Å². The van der Waals surface area contributed by atoms with Crippen LogP contribution in [0.1, 0.15) is 27.9 Å². The molecule has 0 aliphatic heterocycles. The summed E-state index contributed by atoms with van der Waals surface area (Å²) in [6, 6.07) is 16.7. The first-order chi connectivity index (χ1) is 16.0. The maximum Gasteiger partial charge on any atom is 0.338 e. The standard InChI is InChI=1S/C25H23N3O4S/c1-17-15-20(32-16-24-27-21-5-3-4-6-23(21)33-24)7-8-22(17)28(18(2)29)13-14-31-25(30)19-9-11-26-12-10-19/h3-12,15H,13-14,16H2,1-2H3. The third kappa shape index (κ3) is 5.53. The summed E-state index contributed by atoms with van der Waals surface area (Å²) < 4.78 is 12.4. The van der Waals surface area contributed by atoms with Crippen LogP contribution in [-0.4, -0.2) is 35.0 Å². The zero-order valence-corrected chi connectivity index (χ0v) is 19.2. The molecule has 33 heavy (non-hydrogen) atoms. The van der Waals surface area contributed by atoms with Crippen molar-refractivity contribution in [1.82, 2.24) is 9.97 Å². The largest absolute Gasteiger partial charge is 0.486 e. The van der Waals surface area contributed by atoms with E-state index in [1.807, 2.05) is 49.4 Å². The number of hydrogen-bond acceptors (Lipinski definition) is 7. The van der Waals surface area contributed by atoms with E-state index in [0.29, 0.717) is 17.9 Å². The van der Waals surface area contributed by atoms with Gasteiger partial charge in [-0.1, -0.05) is 12.1 Å². The number of carbonyl (C=O) groups excluding carboxylic acids is 2. The predicted molar refractivity (Wildman–Crippen MR) is 128 cm³/mol. The Kier molecular flexibility index (Phi) is 6.95. The number of rotatable bonds is 8. The molecule has 4 aromatic rings. The van der Waals surface area contributed by atoms with Gasteiger partial charge in [-0.15, -0.1) is 11.3 Å². The molecule has 2 aromatic carbocycles. The second-order valence-electron chi connectivity index (χ2n) is 7.35. The summed E-state index contributed by atoms with van der Waals surface area (Å²) in [5.41, 5.74) is 3.02. The molecule has 0 N–H and O–H groups in total. The van der Waals surface area contributed by atoms with Crippen molar-refractivity contribution < 1.29 is 19.1 Å². The number of amides is 1. The Morgan fingerprint density at radius 2 is 1.85 bits per heavy atom. The van der Waals surface area contributed by atoms with Crippen LogP contribution in [0.15, 0.2) is 67.0 Å². The van der Waals surface area contributed by atoms with Gasteiger partial charge in [0.25, 0.3) is 0 Å². The van der Waals surface area contributed by atoms with Crippen LogP contribution in [0.4, 0.5) is 5.69 Å². The van der Waals surface area contributed by atoms with E-state index < -0.39 is 5.97 Å². The zero-order chi connectivity index (χ0) is 23.2. The van der Waals surface area contributed by atoms with E-state index in [1.54, 1.807) is 28.4 Å². The van der Waals surface area contributed by atoms with Crippen LogP contribution in [0.5, 0.6) is 5.75 Å². The lowest BCUT2D eigenvalue weighted by atomic mass is 10.1. The zero-order valence-electron chi connectivity index (χ0n) is 18.4. The minimum atomic E-state index is -0.448. The van der Waals surface area contributed by atoms with Crippen LogP contribution in [-0.2, 0) is 16.1 Å². The maximum atomic E-state index is 12.3. The summed E-state index contributed by atoms with van der Waals surface area (Å²) >= 11 is 1.61. The molecule has 0 fully saturated rings. The number of carbonyl (C=O) groups is 2. The van der Waals surface area contributed by atoms with E-state index in [-0.39, 0.29) is 19.1 Å². The van der Waals surface area contributed by atoms with Crippen molar-refractivity contribution in [3.8, 4) is 5.75 Å². The fourth-order valence-corrected chi connectivity index (χ4v) is 4.28. The average molecular weight is 462 g/mol. The number of aromatic nitrogens is 2. The molecule has 2 heterocycles. The van der Waals surface area contributed by atoms with Crippen molar-refractivity contribution in [2.45, 2.75) is 20.5 Å². The number of pyridine rings is 1. The molecule has 0 unspecified atom stereocenters. The van der Waals surface area contributed by atoms with Gasteiger partial charge in [0.15, 0.2) is 0 Å². The number of anilines is 1. The van der Waals surface area contributed by atoms with Gasteiger partial charge in [0.05, 0.1) is 22.3 Å². The van der Waals surface area contributed by atoms with Gasteiger partial charge in [0.1, 0.15) is 24.0 Å². The number of nitrogens with zero attached hydrogens (tertiary/aromatic N) is 3. The highest BCUT2D eigenvalue weighted by Crippen LogP contribution is 2.27. The van der Waals surface area contributed by atoms with E-state index in [0.717, 1.165) is 26.5 Å². The van der Waals surface area contributed by atoms with Crippen molar-refractivity contribution in [3.05, 3.63) is 83.1 Å². The van der Waals surface area contributed by atoms with Gasteiger partial charge >= 0.3 is 5.97 Å². The summed E-state index contributed by atoms with van der Waals surface area (Å²) in [4.78, 5) is 34.4. The Hall–Kier alpha value is -3.78. The van der Waals surface area contributed by atoms with Gasteiger partial charge < -0.3 is 14.4 Å². The second-order valence-corrected chi connectivity index (χ2v) is 8.47. The third-order valence-corrected chi connectivity index (χ3v) is 6.01. The number of para-hydroxylation sites is 1. The SMILES string of the molecule is CC(=O)N(CCOC(=O)c1ccncc1)c1ccc(OCc2nc3ccccc3s2)cc1C. The van der Waals surface area contributed by atoms with Gasteiger partial charge in [-0.25, -0.2) is 9.78 Å². The Morgan fingerprint density at radius 1 is 1.06 bits per heavy atom. The number of thiazole rings is 1. The highest BCUT2D eigenvalue weighted by Gasteiger charge is 2.16. The Labute approximate surface area is 195 Å². The molecule has 1 amide bonds. The molecule has 7 nitrogen and oxygen atoms in total. The number of esters is 1. The monoisotopic (exact) mass is 461 g/mol. The van der Waals surface area contributed by atoms with Crippen molar-refractivity contribution in [1.29, 1.82) is 0 Å². The molecular formula is C25H23N3O4S. The fourth-order valence-electron chi connectivity index (χ4n) is 3.40. The van der Waals surface area contributed by atoms with Gasteiger partial charge in [0, 0.05) is 25.0 Å². The number of benzene rings is 2. The van der Waals surface area contributed by atoms with Crippen LogP contribution in [0, 0.1) is 6.92 Å². The van der Waals surface area contributed by atoms with Crippen molar-refractivity contribution in [3.63, 3.8) is 0 Å². The van der Waals surface area contributed by atoms with Gasteiger partial charge in [-0.3, -0.25) is 9.78 Å². The minimum Gasteiger partial charge on any atom is -0.486 e. The molecule has 0 aliphatic carbocycles. The molecule has 0 bridgehead atoms. The van der Waals surface area contributed by atoms with Crippen molar-refractivity contribution in [2.75, 3.05) is 18.1 Å². The summed E-state index contributed by atoms with van der Waals surface area (Å²) in [7, 11) is 0. The van der Waals surface area contributed by atoms with Crippen LogP contribution >= 0.6 is 11.3 Å². The van der Waals surface area contributed by atoms with Gasteiger partial charge in [-0.2, -0.15) is 0 Å². The average Bonchev–Trinajstić information content (AvgIpc) is 3.24. The summed E-state index contributed by atoms with van der Waals surface area (Å²) in [5, 5.41) is 0.902. The molecule has 0 saturated carbocycles. The first kappa shape index (κ1) is 22.4. The quantitative estimate of drug-likeness (QED) is 0.351. The predicted octanol–water partition coefficient (Wildman–Crippen LogP) is 4.79. The second kappa shape index (κ2) is 10.2. The Morgan fingerprint density at radius 3 is 2.58 bits per heavy atom. The van der Waals surface area contributed by atoms with Crippen molar-refractivity contribution in [2.24, 2.45) is 0 Å². The first-order valence-electron chi connectivity index (χ1n) is 10.4. The molecule has 8 heteroatoms. The lowest BCUT2D eigenvalue weighted by Crippen LogP contribution is -2.33. The van der Waals surface area contributed by atoms with E-state index in [9.17, 15) is 9.59 Å². The van der Waals surface area contributed by atoms with E-state index in [2.05, 4.69) is 9.97 Å². The summed E-state index contributed by atoms with van der Waals surface area (Å²) in [5.74, 6) is 0.112. The smallest absolute Gasteiger partial charge is 0.338 e. The summed E-state index contributed by atoms with van der Waals surface area (Å²) in [6.07, 6.45) is 3.06. The number of aryl methyl sites for hydroxylation is 1. The number of hydrogen-bond donors (Lipinski definition) is 0. The molecule has 0 radical (unpaired) electrons. The fraction of sp³-hybridized carbons (Fsp3) is 0.200. The molecule has 0 aliphatic rings. The maximum absolute atomic E-state index is 12.3. The Balaban J connectivity index is 1.37. The summed E-state index contributed by atoms with van der Waals surface area (Å²) in [6.45, 7) is 4.11. The lowest BCUT2D eigenvalue weighted by Gasteiger charge is -2.23. The van der Waals surface area contributed by atoms with E-state index in [1.165, 1.54) is 19.3 Å². The molecule has 0 saturated heterocycles. The highest BCUT2D eigenvalue weighted by molar-refractivity contribution is 7.18. The van der Waals surface area contributed by atoms with Crippen LogP contribution in [0.2, 0.25) is 0 Å². The van der Waals surface area contributed by atoms with Gasteiger partial charge in [0.2, 0.25) is 5.91 Å². The van der Waals surface area contributed by atoms with E-state index in [4.69, 9.17) is 9.47 Å². The first-order valence-corrected chi connectivity index (χ1v) is 11.3. The Bertz CT molecular complexity index is 1240. The molecule has 168 valence electrons. The topological polar surface area (TPSA) is 81.6 Å². The van der Waals surface area contributed by atoms with Crippen LogP contribution in [0.3, 0.4) is 0 Å². The van der Waals surface area contributed by atoms with Crippen LogP contribution in [0.25, 0.3) is 10.2 Å². The molecule has 4 rings (SSSR count). The molecular weight excluding hydrogens is 438 g/mol. The number of fused-ring (bicyclic) bond motifs is 1. The normalized spacial score (nSPS) is 10.7. The van der Waals surface area contributed by atoms with Crippen molar-refractivity contribution >= 4 is 39.1 Å². The molecule has 2 aromatic heterocycles. The molecule has 0 spiro atoms. The third-order valence-electron chi connectivity index (χ3n) is 5.00.